The van der Waals surface area contributed by atoms with Crippen molar-refractivity contribution in [3.8, 4) is 5.75 Å². The highest BCUT2D eigenvalue weighted by Gasteiger charge is 2.04. The van der Waals surface area contributed by atoms with Crippen LogP contribution in [0.15, 0.2) is 82.3 Å². The SMILES string of the molecule is Cc1ccc(/N=C/c2ccc(Br)cc2OCc2ccccc2)cc1. The lowest BCUT2D eigenvalue weighted by Gasteiger charge is -2.10. The quantitative estimate of drug-likeness (QED) is 0.491. The van der Waals surface area contributed by atoms with Gasteiger partial charge in [0.2, 0.25) is 0 Å². The maximum Gasteiger partial charge on any atom is 0.129 e. The minimum atomic E-state index is 0.530. The number of halogens is 1. The Morgan fingerprint density at radius 3 is 2.46 bits per heavy atom. The zero-order valence-corrected chi connectivity index (χ0v) is 15.0. The molecule has 3 heteroatoms. The molecule has 0 unspecified atom stereocenters. The molecule has 24 heavy (non-hydrogen) atoms. The van der Waals surface area contributed by atoms with E-state index in [0.29, 0.717) is 6.61 Å². The number of rotatable bonds is 5. The van der Waals surface area contributed by atoms with Crippen LogP contribution in [0, 0.1) is 6.92 Å². The zero-order valence-electron chi connectivity index (χ0n) is 13.4. The van der Waals surface area contributed by atoms with Crippen molar-refractivity contribution in [1.29, 1.82) is 0 Å². The van der Waals surface area contributed by atoms with Gasteiger partial charge in [0.05, 0.1) is 5.69 Å². The van der Waals surface area contributed by atoms with Crippen LogP contribution in [0.3, 0.4) is 0 Å². The second kappa shape index (κ2) is 7.93. The zero-order chi connectivity index (χ0) is 16.8. The van der Waals surface area contributed by atoms with Gasteiger partial charge in [-0.2, -0.15) is 0 Å². The van der Waals surface area contributed by atoms with Crippen molar-refractivity contribution in [3.63, 3.8) is 0 Å². The van der Waals surface area contributed by atoms with Gasteiger partial charge in [-0.3, -0.25) is 4.99 Å². The average molecular weight is 380 g/mol. The number of ether oxygens (including phenoxy) is 1. The molecule has 0 bridgehead atoms. The van der Waals surface area contributed by atoms with E-state index in [9.17, 15) is 0 Å². The molecule has 0 aliphatic rings. The molecule has 0 radical (unpaired) electrons. The molecule has 0 saturated carbocycles. The summed E-state index contributed by atoms with van der Waals surface area (Å²) in [7, 11) is 0. The van der Waals surface area contributed by atoms with Crippen molar-refractivity contribution in [2.75, 3.05) is 0 Å². The van der Waals surface area contributed by atoms with Gasteiger partial charge in [-0.15, -0.1) is 0 Å². The molecule has 0 spiro atoms. The van der Waals surface area contributed by atoms with E-state index in [4.69, 9.17) is 4.74 Å². The predicted molar refractivity (Wildman–Crippen MR) is 103 cm³/mol. The molecule has 0 fully saturated rings. The van der Waals surface area contributed by atoms with Gasteiger partial charge in [-0.25, -0.2) is 0 Å². The molecule has 0 aromatic heterocycles. The maximum absolute atomic E-state index is 5.99. The number of hydrogen-bond acceptors (Lipinski definition) is 2. The molecule has 0 N–H and O–H groups in total. The first-order chi connectivity index (χ1) is 11.7. The summed E-state index contributed by atoms with van der Waals surface area (Å²) in [5, 5.41) is 0. The largest absolute Gasteiger partial charge is 0.488 e. The Morgan fingerprint density at radius 1 is 0.958 bits per heavy atom. The minimum absolute atomic E-state index is 0.530. The van der Waals surface area contributed by atoms with Crippen LogP contribution in [0.4, 0.5) is 5.69 Å². The number of hydrogen-bond donors (Lipinski definition) is 0. The maximum atomic E-state index is 5.99. The van der Waals surface area contributed by atoms with Gasteiger partial charge in [0.1, 0.15) is 12.4 Å². The summed E-state index contributed by atoms with van der Waals surface area (Å²) in [6.45, 7) is 2.60. The van der Waals surface area contributed by atoms with Crippen LogP contribution in [0.2, 0.25) is 0 Å². The molecule has 0 heterocycles. The summed E-state index contributed by atoms with van der Waals surface area (Å²) in [5.41, 5.74) is 4.25. The third-order valence-corrected chi connectivity index (χ3v) is 4.09. The van der Waals surface area contributed by atoms with E-state index in [1.807, 2.05) is 54.7 Å². The predicted octanol–water partition coefficient (Wildman–Crippen LogP) is 6.09. The van der Waals surface area contributed by atoms with Gasteiger partial charge in [-0.1, -0.05) is 64.0 Å². The fraction of sp³-hybridized carbons (Fsp3) is 0.0952. The van der Waals surface area contributed by atoms with Crippen molar-refractivity contribution in [1.82, 2.24) is 0 Å². The number of aliphatic imine (C=N–C) groups is 1. The van der Waals surface area contributed by atoms with Gasteiger partial charge in [0.25, 0.3) is 0 Å². The van der Waals surface area contributed by atoms with E-state index in [1.54, 1.807) is 0 Å². The second-order valence-corrected chi connectivity index (χ2v) is 6.47. The first-order valence-electron chi connectivity index (χ1n) is 7.78. The van der Waals surface area contributed by atoms with Crippen LogP contribution in [0.25, 0.3) is 0 Å². The van der Waals surface area contributed by atoms with Crippen molar-refractivity contribution < 1.29 is 4.74 Å². The summed E-state index contributed by atoms with van der Waals surface area (Å²) in [5.74, 6) is 0.809. The van der Waals surface area contributed by atoms with Crippen molar-refractivity contribution >= 4 is 27.8 Å². The molecule has 120 valence electrons. The van der Waals surface area contributed by atoms with E-state index < -0.39 is 0 Å². The Balaban J connectivity index is 1.78. The molecular weight excluding hydrogens is 362 g/mol. The van der Waals surface area contributed by atoms with Crippen LogP contribution in [0.5, 0.6) is 5.75 Å². The van der Waals surface area contributed by atoms with Gasteiger partial charge in [0.15, 0.2) is 0 Å². The molecule has 3 aromatic carbocycles. The Kier molecular flexibility index (Phi) is 5.44. The minimum Gasteiger partial charge on any atom is -0.488 e. The van der Waals surface area contributed by atoms with Gasteiger partial charge < -0.3 is 4.74 Å². The summed E-state index contributed by atoms with van der Waals surface area (Å²) in [4.78, 5) is 4.54. The second-order valence-electron chi connectivity index (χ2n) is 5.55. The standard InChI is InChI=1S/C21H18BrNO/c1-16-7-11-20(12-8-16)23-14-18-9-10-19(22)13-21(18)24-15-17-5-3-2-4-6-17/h2-14H,15H2,1H3/b23-14+. The Hall–Kier alpha value is -2.39. The Morgan fingerprint density at radius 2 is 1.71 bits per heavy atom. The lowest BCUT2D eigenvalue weighted by molar-refractivity contribution is 0.305. The first-order valence-corrected chi connectivity index (χ1v) is 8.57. The van der Waals surface area contributed by atoms with Crippen molar-refractivity contribution in [2.45, 2.75) is 13.5 Å². The van der Waals surface area contributed by atoms with Gasteiger partial charge in [-0.05, 0) is 42.8 Å². The highest BCUT2D eigenvalue weighted by molar-refractivity contribution is 9.10. The van der Waals surface area contributed by atoms with Crippen LogP contribution in [-0.2, 0) is 6.61 Å². The molecule has 0 saturated heterocycles. The van der Waals surface area contributed by atoms with Crippen LogP contribution in [0.1, 0.15) is 16.7 Å². The fourth-order valence-electron chi connectivity index (χ4n) is 2.25. The molecule has 0 aliphatic carbocycles. The Bertz CT molecular complexity index is 826. The normalized spacial score (nSPS) is 10.9. The highest BCUT2D eigenvalue weighted by atomic mass is 79.9. The van der Waals surface area contributed by atoms with Crippen LogP contribution in [-0.4, -0.2) is 6.21 Å². The summed E-state index contributed by atoms with van der Waals surface area (Å²) >= 11 is 3.50. The summed E-state index contributed by atoms with van der Waals surface area (Å²) < 4.78 is 6.97. The molecule has 2 nitrogen and oxygen atoms in total. The third-order valence-electron chi connectivity index (χ3n) is 3.60. The van der Waals surface area contributed by atoms with Crippen molar-refractivity contribution in [3.05, 3.63) is 94.0 Å². The number of nitrogens with zero attached hydrogens (tertiary/aromatic N) is 1. The van der Waals surface area contributed by atoms with Crippen molar-refractivity contribution in [2.24, 2.45) is 4.99 Å². The molecule has 3 rings (SSSR count). The first kappa shape index (κ1) is 16.5. The molecule has 0 atom stereocenters. The lowest BCUT2D eigenvalue weighted by Crippen LogP contribution is -1.98. The molecule has 3 aromatic rings. The van der Waals surface area contributed by atoms with E-state index in [-0.39, 0.29) is 0 Å². The Labute approximate surface area is 151 Å². The molecule has 0 amide bonds. The van der Waals surface area contributed by atoms with Crippen LogP contribution >= 0.6 is 15.9 Å². The highest BCUT2D eigenvalue weighted by Crippen LogP contribution is 2.24. The third kappa shape index (κ3) is 4.56. The number of aryl methyl sites for hydroxylation is 1. The number of benzene rings is 3. The van der Waals surface area contributed by atoms with E-state index in [1.165, 1.54) is 5.56 Å². The van der Waals surface area contributed by atoms with E-state index in [2.05, 4.69) is 52.1 Å². The topological polar surface area (TPSA) is 21.6 Å². The van der Waals surface area contributed by atoms with Gasteiger partial charge in [0, 0.05) is 16.3 Å². The molecular formula is C21H18BrNO. The van der Waals surface area contributed by atoms with Gasteiger partial charge >= 0.3 is 0 Å². The van der Waals surface area contributed by atoms with E-state index >= 15 is 0 Å². The monoisotopic (exact) mass is 379 g/mol. The molecule has 0 aliphatic heterocycles. The smallest absolute Gasteiger partial charge is 0.129 e. The van der Waals surface area contributed by atoms with E-state index in [0.717, 1.165) is 27.0 Å². The summed E-state index contributed by atoms with van der Waals surface area (Å²) in [6.07, 6.45) is 1.84. The summed E-state index contributed by atoms with van der Waals surface area (Å²) in [6, 6.07) is 24.2. The lowest BCUT2D eigenvalue weighted by atomic mass is 10.2. The average Bonchev–Trinajstić information content (AvgIpc) is 2.61. The van der Waals surface area contributed by atoms with Crippen LogP contribution < -0.4 is 4.74 Å². The fourth-order valence-corrected chi connectivity index (χ4v) is 2.59.